The van der Waals surface area contributed by atoms with Gasteiger partial charge in [-0.1, -0.05) is 42.5 Å². The van der Waals surface area contributed by atoms with E-state index in [-0.39, 0.29) is 0 Å². The average molecular weight is 414 g/mol. The number of ether oxygens (including phenoxy) is 1. The molecule has 0 saturated carbocycles. The molecule has 3 aromatic carbocycles. The van der Waals surface area contributed by atoms with E-state index in [0.29, 0.717) is 0 Å². The highest BCUT2D eigenvalue weighted by Gasteiger charge is 2.09. The molecule has 0 radical (unpaired) electrons. The summed E-state index contributed by atoms with van der Waals surface area (Å²) < 4.78 is 8.35. The summed E-state index contributed by atoms with van der Waals surface area (Å²) in [6.07, 6.45) is 5.08. The van der Waals surface area contributed by atoms with E-state index in [0.717, 1.165) is 42.4 Å². The number of aromatic nitrogens is 2. The summed E-state index contributed by atoms with van der Waals surface area (Å²) in [6, 6.07) is 24.7. The first-order valence-electron chi connectivity index (χ1n) is 10.1. The molecular weight excluding hydrogens is 390 g/mol. The molecule has 1 aliphatic heterocycles. The zero-order valence-corrected chi connectivity index (χ0v) is 17.4. The van der Waals surface area contributed by atoms with Gasteiger partial charge < -0.3 is 14.6 Å². The largest absolute Gasteiger partial charge is 0.457 e. The predicted octanol–water partition coefficient (Wildman–Crippen LogP) is 5.71. The van der Waals surface area contributed by atoms with E-state index < -0.39 is 0 Å². The Morgan fingerprint density at radius 3 is 2.77 bits per heavy atom. The van der Waals surface area contributed by atoms with Crippen LogP contribution < -0.4 is 10.1 Å². The third-order valence-electron chi connectivity index (χ3n) is 5.20. The molecule has 2 heterocycles. The molecule has 4 nitrogen and oxygen atoms in total. The van der Waals surface area contributed by atoms with E-state index in [4.69, 9.17) is 4.74 Å². The van der Waals surface area contributed by atoms with E-state index in [1.54, 1.807) is 0 Å². The lowest BCUT2D eigenvalue weighted by molar-refractivity contribution is 0.474. The number of imidazole rings is 1. The van der Waals surface area contributed by atoms with Crippen LogP contribution >= 0.6 is 11.8 Å². The SMILES string of the molecule is C(=C1CNCS1)c1ccc2ncn(CCc3ccccc3Oc3ccccc3)c2c1. The van der Waals surface area contributed by atoms with Crippen molar-refractivity contribution in [2.45, 2.75) is 13.0 Å². The van der Waals surface area contributed by atoms with E-state index in [2.05, 4.69) is 51.3 Å². The zero-order valence-electron chi connectivity index (χ0n) is 16.6. The Bertz CT molecular complexity index is 1180. The molecule has 150 valence electrons. The molecule has 0 aliphatic carbocycles. The van der Waals surface area contributed by atoms with Crippen LogP contribution in [0.4, 0.5) is 0 Å². The number of thioether (sulfide) groups is 1. The molecule has 5 rings (SSSR count). The van der Waals surface area contributed by atoms with Crippen molar-refractivity contribution in [2.24, 2.45) is 0 Å². The molecule has 1 aliphatic rings. The number of para-hydroxylation sites is 2. The first-order valence-corrected chi connectivity index (χ1v) is 11.1. The van der Waals surface area contributed by atoms with Crippen LogP contribution in [-0.2, 0) is 13.0 Å². The fourth-order valence-corrected chi connectivity index (χ4v) is 4.47. The smallest absolute Gasteiger partial charge is 0.130 e. The lowest BCUT2D eigenvalue weighted by Gasteiger charge is -2.12. The molecule has 0 amide bonds. The molecule has 1 N–H and O–H groups in total. The van der Waals surface area contributed by atoms with Gasteiger partial charge in [0, 0.05) is 23.9 Å². The molecule has 4 aromatic rings. The second kappa shape index (κ2) is 8.78. The van der Waals surface area contributed by atoms with E-state index in [1.165, 1.54) is 21.5 Å². The van der Waals surface area contributed by atoms with Crippen molar-refractivity contribution in [3.63, 3.8) is 0 Å². The number of nitrogens with one attached hydrogen (secondary N) is 1. The van der Waals surface area contributed by atoms with Crippen LogP contribution in [0.15, 0.2) is 84.0 Å². The fourth-order valence-electron chi connectivity index (χ4n) is 3.66. The normalized spacial score (nSPS) is 15.1. The topological polar surface area (TPSA) is 39.1 Å². The van der Waals surface area contributed by atoms with Crippen molar-refractivity contribution < 1.29 is 4.74 Å². The minimum absolute atomic E-state index is 0.849. The zero-order chi connectivity index (χ0) is 20.2. The van der Waals surface area contributed by atoms with Crippen LogP contribution in [0.5, 0.6) is 11.5 Å². The molecule has 1 saturated heterocycles. The molecule has 0 atom stereocenters. The molecular formula is C25H23N3OS. The van der Waals surface area contributed by atoms with Gasteiger partial charge in [0.2, 0.25) is 0 Å². The number of hydrogen-bond acceptors (Lipinski definition) is 4. The van der Waals surface area contributed by atoms with Crippen LogP contribution in [0.2, 0.25) is 0 Å². The Balaban J connectivity index is 1.36. The van der Waals surface area contributed by atoms with Crippen LogP contribution in [0.1, 0.15) is 11.1 Å². The second-order valence-corrected chi connectivity index (χ2v) is 8.39. The Hall–Kier alpha value is -3.02. The van der Waals surface area contributed by atoms with Gasteiger partial charge in [-0.25, -0.2) is 4.98 Å². The fraction of sp³-hybridized carbons (Fsp3) is 0.160. The maximum atomic E-state index is 6.12. The molecule has 30 heavy (non-hydrogen) atoms. The van der Waals surface area contributed by atoms with Gasteiger partial charge in [0.05, 0.1) is 17.4 Å². The van der Waals surface area contributed by atoms with Gasteiger partial charge in [-0.05, 0) is 54.0 Å². The van der Waals surface area contributed by atoms with Gasteiger partial charge in [-0.3, -0.25) is 0 Å². The highest BCUT2D eigenvalue weighted by molar-refractivity contribution is 8.03. The van der Waals surface area contributed by atoms with E-state index in [9.17, 15) is 0 Å². The molecule has 1 fully saturated rings. The monoisotopic (exact) mass is 413 g/mol. The van der Waals surface area contributed by atoms with Gasteiger partial charge in [0.1, 0.15) is 11.5 Å². The maximum absolute atomic E-state index is 6.12. The van der Waals surface area contributed by atoms with Crippen molar-refractivity contribution >= 4 is 28.9 Å². The molecule has 5 heteroatoms. The minimum Gasteiger partial charge on any atom is -0.457 e. The third kappa shape index (κ3) is 4.27. The first kappa shape index (κ1) is 19.0. The Kier molecular flexibility index (Phi) is 5.55. The summed E-state index contributed by atoms with van der Waals surface area (Å²) in [7, 11) is 0. The summed E-state index contributed by atoms with van der Waals surface area (Å²) >= 11 is 1.87. The second-order valence-electron chi connectivity index (χ2n) is 7.29. The first-order chi connectivity index (χ1) is 14.8. The van der Waals surface area contributed by atoms with Crippen molar-refractivity contribution in [1.29, 1.82) is 0 Å². The number of aryl methyl sites for hydroxylation is 2. The summed E-state index contributed by atoms with van der Waals surface area (Å²) in [5, 5.41) is 3.36. The van der Waals surface area contributed by atoms with Crippen molar-refractivity contribution in [3.8, 4) is 11.5 Å². The minimum atomic E-state index is 0.849. The lowest BCUT2D eigenvalue weighted by Crippen LogP contribution is -2.04. The standard InChI is InChI=1S/C25H23N3OS/c1-2-7-21(8-3-1)29-25-9-5-4-6-20(25)12-13-28-17-27-23-11-10-19(15-24(23)28)14-22-16-26-18-30-22/h1-11,14-15,17,26H,12-13,16,18H2. The summed E-state index contributed by atoms with van der Waals surface area (Å²) in [5.41, 5.74) is 4.61. The summed E-state index contributed by atoms with van der Waals surface area (Å²) in [6.45, 7) is 1.81. The van der Waals surface area contributed by atoms with E-state index >= 15 is 0 Å². The predicted molar refractivity (Wildman–Crippen MR) is 125 cm³/mol. The van der Waals surface area contributed by atoms with Crippen molar-refractivity contribution in [3.05, 3.63) is 95.2 Å². The number of rotatable bonds is 6. The molecule has 1 aromatic heterocycles. The number of fused-ring (bicyclic) bond motifs is 1. The average Bonchev–Trinajstić information content (AvgIpc) is 3.44. The highest BCUT2D eigenvalue weighted by atomic mass is 32.2. The quantitative estimate of drug-likeness (QED) is 0.440. The Morgan fingerprint density at radius 1 is 1.03 bits per heavy atom. The van der Waals surface area contributed by atoms with Gasteiger partial charge >= 0.3 is 0 Å². The van der Waals surface area contributed by atoms with Gasteiger partial charge in [0.15, 0.2) is 0 Å². The van der Waals surface area contributed by atoms with Crippen LogP contribution in [0.3, 0.4) is 0 Å². The van der Waals surface area contributed by atoms with Crippen molar-refractivity contribution in [1.82, 2.24) is 14.9 Å². The highest BCUT2D eigenvalue weighted by Crippen LogP contribution is 2.27. The summed E-state index contributed by atoms with van der Waals surface area (Å²) in [4.78, 5) is 5.97. The number of hydrogen-bond donors (Lipinski definition) is 1. The molecule has 0 unspecified atom stereocenters. The van der Waals surface area contributed by atoms with E-state index in [1.807, 2.05) is 60.6 Å². The van der Waals surface area contributed by atoms with Gasteiger partial charge in [-0.15, -0.1) is 11.8 Å². The maximum Gasteiger partial charge on any atom is 0.130 e. The Morgan fingerprint density at radius 2 is 1.90 bits per heavy atom. The summed E-state index contributed by atoms with van der Waals surface area (Å²) in [5.74, 6) is 2.76. The van der Waals surface area contributed by atoms with Crippen LogP contribution in [0, 0.1) is 0 Å². The number of nitrogens with zero attached hydrogens (tertiary/aromatic N) is 2. The lowest BCUT2D eigenvalue weighted by atomic mass is 10.1. The molecule has 0 spiro atoms. The molecule has 0 bridgehead atoms. The van der Waals surface area contributed by atoms with Crippen LogP contribution in [-0.4, -0.2) is 22.0 Å². The van der Waals surface area contributed by atoms with Gasteiger partial charge in [-0.2, -0.15) is 0 Å². The third-order valence-corrected chi connectivity index (χ3v) is 6.18. The van der Waals surface area contributed by atoms with Crippen LogP contribution in [0.25, 0.3) is 17.1 Å². The van der Waals surface area contributed by atoms with Gasteiger partial charge in [0.25, 0.3) is 0 Å². The Labute approximate surface area is 180 Å². The van der Waals surface area contributed by atoms with Crippen molar-refractivity contribution in [2.75, 3.05) is 12.4 Å². The number of benzene rings is 3.